The van der Waals surface area contributed by atoms with Crippen molar-refractivity contribution >= 4 is 0 Å². The molecule has 0 heterocycles. The lowest BCUT2D eigenvalue weighted by Crippen LogP contribution is -2.29. The van der Waals surface area contributed by atoms with Crippen LogP contribution in [0.4, 0.5) is 8.78 Å². The summed E-state index contributed by atoms with van der Waals surface area (Å²) >= 11 is 0. The largest absolute Gasteiger partial charge is 0.503 e. The molecule has 2 atom stereocenters. The molecule has 0 saturated heterocycles. The van der Waals surface area contributed by atoms with Gasteiger partial charge in [-0.3, -0.25) is 0 Å². The first-order chi connectivity index (χ1) is 7.47. The van der Waals surface area contributed by atoms with Gasteiger partial charge in [-0.1, -0.05) is 0 Å². The molecule has 4 nitrogen and oxygen atoms in total. The van der Waals surface area contributed by atoms with Crippen LogP contribution in [-0.2, 0) is 0 Å². The molecule has 0 saturated carbocycles. The van der Waals surface area contributed by atoms with Gasteiger partial charge in [-0.2, -0.15) is 0 Å². The van der Waals surface area contributed by atoms with Crippen LogP contribution in [0.2, 0.25) is 0 Å². The normalized spacial score (nSPS) is 14.8. The second-order valence-electron chi connectivity index (χ2n) is 3.40. The van der Waals surface area contributed by atoms with E-state index in [-0.39, 0.29) is 12.1 Å². The minimum atomic E-state index is -1.42. The second kappa shape index (κ2) is 5.20. The standard InChI is InChI=1S/C10H13F2NO3/c1-13-4-8(14)9(15)5-2-6(11)10(16)7(12)3-5/h2-3,8-9,13-16H,4H2,1H3. The predicted molar refractivity (Wildman–Crippen MR) is 52.9 cm³/mol. The molecule has 0 radical (unpaired) electrons. The zero-order chi connectivity index (χ0) is 12.3. The molecule has 1 aromatic carbocycles. The SMILES string of the molecule is CNCC(O)C(O)c1cc(F)c(O)c(F)c1. The van der Waals surface area contributed by atoms with Gasteiger partial charge in [0.1, 0.15) is 6.10 Å². The number of phenolic OH excluding ortho intramolecular Hbond substituents is 1. The van der Waals surface area contributed by atoms with Gasteiger partial charge in [0.25, 0.3) is 0 Å². The van der Waals surface area contributed by atoms with Crippen LogP contribution in [0, 0.1) is 11.6 Å². The molecule has 0 spiro atoms. The maximum absolute atomic E-state index is 13.0. The Kier molecular flexibility index (Phi) is 4.17. The van der Waals surface area contributed by atoms with Crippen LogP contribution >= 0.6 is 0 Å². The van der Waals surface area contributed by atoms with E-state index in [1.165, 1.54) is 0 Å². The number of aliphatic hydroxyl groups excluding tert-OH is 2. The maximum Gasteiger partial charge on any atom is 0.187 e. The summed E-state index contributed by atoms with van der Waals surface area (Å²) in [6.07, 6.45) is -2.61. The maximum atomic E-state index is 13.0. The number of aliphatic hydroxyl groups is 2. The minimum Gasteiger partial charge on any atom is -0.503 e. The fraction of sp³-hybridized carbons (Fsp3) is 0.400. The highest BCUT2D eigenvalue weighted by molar-refractivity contribution is 5.31. The van der Waals surface area contributed by atoms with Gasteiger partial charge in [0.15, 0.2) is 17.4 Å². The molecule has 0 bridgehead atoms. The number of aromatic hydroxyl groups is 1. The van der Waals surface area contributed by atoms with Gasteiger partial charge >= 0.3 is 0 Å². The molecule has 2 unspecified atom stereocenters. The molecule has 4 N–H and O–H groups in total. The Balaban J connectivity index is 2.96. The first kappa shape index (κ1) is 12.8. The third-order valence-corrected chi connectivity index (χ3v) is 2.16. The van der Waals surface area contributed by atoms with Crippen molar-refractivity contribution in [2.45, 2.75) is 12.2 Å². The lowest BCUT2D eigenvalue weighted by Gasteiger charge is -2.18. The average Bonchev–Trinajstić information content (AvgIpc) is 2.24. The number of rotatable bonds is 4. The van der Waals surface area contributed by atoms with E-state index < -0.39 is 29.6 Å². The van der Waals surface area contributed by atoms with Gasteiger partial charge < -0.3 is 20.6 Å². The fourth-order valence-corrected chi connectivity index (χ4v) is 1.30. The summed E-state index contributed by atoms with van der Waals surface area (Å²) in [4.78, 5) is 0. The molecule has 0 fully saturated rings. The molecule has 0 aromatic heterocycles. The second-order valence-corrected chi connectivity index (χ2v) is 3.40. The van der Waals surface area contributed by atoms with Crippen LogP contribution in [0.5, 0.6) is 5.75 Å². The van der Waals surface area contributed by atoms with Crippen molar-refractivity contribution in [1.29, 1.82) is 0 Å². The summed E-state index contributed by atoms with van der Waals surface area (Å²) in [5.41, 5.74) is -0.129. The van der Waals surface area contributed by atoms with Crippen LogP contribution in [-0.4, -0.2) is 35.0 Å². The Morgan fingerprint density at radius 3 is 2.19 bits per heavy atom. The molecule has 90 valence electrons. The van der Waals surface area contributed by atoms with Gasteiger partial charge in [-0.25, -0.2) is 8.78 Å². The fourth-order valence-electron chi connectivity index (χ4n) is 1.30. The van der Waals surface area contributed by atoms with Gasteiger partial charge in [0.05, 0.1) is 6.10 Å². The molecule has 1 aromatic rings. The quantitative estimate of drug-likeness (QED) is 0.603. The van der Waals surface area contributed by atoms with E-state index in [1.54, 1.807) is 7.05 Å². The number of hydrogen-bond donors (Lipinski definition) is 4. The van der Waals surface area contributed by atoms with Crippen molar-refractivity contribution in [2.75, 3.05) is 13.6 Å². The van der Waals surface area contributed by atoms with Crippen molar-refractivity contribution in [1.82, 2.24) is 5.32 Å². The topological polar surface area (TPSA) is 72.7 Å². The summed E-state index contributed by atoms with van der Waals surface area (Å²) in [5, 5.41) is 30.4. The van der Waals surface area contributed by atoms with E-state index in [4.69, 9.17) is 5.11 Å². The van der Waals surface area contributed by atoms with Crippen LogP contribution in [0.1, 0.15) is 11.7 Å². The van der Waals surface area contributed by atoms with Gasteiger partial charge in [-0.05, 0) is 24.7 Å². The van der Waals surface area contributed by atoms with Gasteiger partial charge in [0.2, 0.25) is 0 Å². The summed E-state index contributed by atoms with van der Waals surface area (Å²) < 4.78 is 25.9. The van der Waals surface area contributed by atoms with Crippen LogP contribution in [0.15, 0.2) is 12.1 Å². The predicted octanol–water partition coefficient (Wildman–Crippen LogP) is 0.284. The summed E-state index contributed by atoms with van der Waals surface area (Å²) in [6.45, 7) is 0.0747. The van der Waals surface area contributed by atoms with E-state index in [0.29, 0.717) is 0 Å². The molecule has 0 aliphatic rings. The lowest BCUT2D eigenvalue weighted by atomic mass is 10.0. The first-order valence-corrected chi connectivity index (χ1v) is 4.66. The lowest BCUT2D eigenvalue weighted by molar-refractivity contribution is 0.0198. The number of benzene rings is 1. The molecule has 0 amide bonds. The van der Waals surface area contributed by atoms with Crippen molar-refractivity contribution in [3.05, 3.63) is 29.3 Å². The zero-order valence-electron chi connectivity index (χ0n) is 8.61. The van der Waals surface area contributed by atoms with Crippen molar-refractivity contribution < 1.29 is 24.1 Å². The number of likely N-dealkylation sites (N-methyl/N-ethyl adjacent to an activating group) is 1. The molecular weight excluding hydrogens is 220 g/mol. The average molecular weight is 233 g/mol. The van der Waals surface area contributed by atoms with E-state index in [1.807, 2.05) is 0 Å². The first-order valence-electron chi connectivity index (χ1n) is 4.66. The van der Waals surface area contributed by atoms with Crippen molar-refractivity contribution in [2.24, 2.45) is 0 Å². The Morgan fingerprint density at radius 2 is 1.75 bits per heavy atom. The molecule has 6 heteroatoms. The Hall–Kier alpha value is -1.24. The third kappa shape index (κ3) is 2.66. The van der Waals surface area contributed by atoms with Crippen LogP contribution < -0.4 is 5.32 Å². The van der Waals surface area contributed by atoms with Gasteiger partial charge in [0, 0.05) is 6.54 Å². The number of halogens is 2. The van der Waals surface area contributed by atoms with E-state index in [2.05, 4.69) is 5.32 Å². The summed E-state index contributed by atoms with van der Waals surface area (Å²) in [6, 6.07) is 1.56. The summed E-state index contributed by atoms with van der Waals surface area (Å²) in [7, 11) is 1.56. The number of nitrogens with one attached hydrogen (secondary N) is 1. The van der Waals surface area contributed by atoms with E-state index >= 15 is 0 Å². The third-order valence-electron chi connectivity index (χ3n) is 2.16. The summed E-state index contributed by atoms with van der Waals surface area (Å²) in [5.74, 6) is -3.45. The highest BCUT2D eigenvalue weighted by atomic mass is 19.1. The smallest absolute Gasteiger partial charge is 0.187 e. The van der Waals surface area contributed by atoms with Crippen LogP contribution in [0.3, 0.4) is 0 Å². The minimum absolute atomic E-state index is 0.0747. The Labute approximate surface area is 91.2 Å². The number of hydrogen-bond acceptors (Lipinski definition) is 4. The highest BCUT2D eigenvalue weighted by Crippen LogP contribution is 2.26. The van der Waals surface area contributed by atoms with Crippen LogP contribution in [0.25, 0.3) is 0 Å². The van der Waals surface area contributed by atoms with Gasteiger partial charge in [-0.15, -0.1) is 0 Å². The van der Waals surface area contributed by atoms with Crippen molar-refractivity contribution in [3.8, 4) is 5.75 Å². The number of phenols is 1. The Bertz CT molecular complexity index is 350. The molecule has 0 aliphatic carbocycles. The van der Waals surface area contributed by atoms with E-state index in [9.17, 15) is 19.0 Å². The molecule has 1 rings (SSSR count). The van der Waals surface area contributed by atoms with E-state index in [0.717, 1.165) is 12.1 Å². The highest BCUT2D eigenvalue weighted by Gasteiger charge is 2.20. The molecule has 16 heavy (non-hydrogen) atoms. The van der Waals surface area contributed by atoms with Crippen molar-refractivity contribution in [3.63, 3.8) is 0 Å². The molecule has 0 aliphatic heterocycles. The monoisotopic (exact) mass is 233 g/mol. The zero-order valence-corrected chi connectivity index (χ0v) is 8.61. The molecular formula is C10H13F2NO3. The Morgan fingerprint density at radius 1 is 1.25 bits per heavy atom.